The molecule has 2 amide bonds. The molecule has 0 radical (unpaired) electrons. The number of carbonyl (C=O) groups is 2. The molecule has 2 aliphatic rings. The molecule has 7 nitrogen and oxygen atoms in total. The third-order valence-electron chi connectivity index (χ3n) is 6.70. The summed E-state index contributed by atoms with van der Waals surface area (Å²) in [5.41, 5.74) is 8.49. The van der Waals surface area contributed by atoms with Crippen molar-refractivity contribution < 1.29 is 14.0 Å². The molecule has 10 heteroatoms. The normalized spacial score (nSPS) is 21.1. The van der Waals surface area contributed by atoms with E-state index in [4.69, 9.17) is 5.73 Å². The van der Waals surface area contributed by atoms with Crippen molar-refractivity contribution in [1.29, 1.82) is 0 Å². The summed E-state index contributed by atoms with van der Waals surface area (Å²) in [4.78, 5) is 33.2. The minimum atomic E-state index is -0.519. The Hall–Kier alpha value is -3.24. The number of primary amides is 1. The smallest absolute Gasteiger partial charge is 0.274 e. The molecule has 1 aliphatic carbocycles. The molecule has 3 atom stereocenters. The number of benzene rings is 2. The second-order valence-corrected chi connectivity index (χ2v) is 10.9. The predicted molar refractivity (Wildman–Crippen MR) is 128 cm³/mol. The van der Waals surface area contributed by atoms with Gasteiger partial charge in [0.2, 0.25) is 5.91 Å². The van der Waals surface area contributed by atoms with E-state index in [2.05, 4.69) is 14.6 Å². The van der Waals surface area contributed by atoms with Crippen molar-refractivity contribution in [1.82, 2.24) is 19.5 Å². The summed E-state index contributed by atoms with van der Waals surface area (Å²) in [6.07, 6.45) is 2.28. The number of aromatic nitrogens is 3. The van der Waals surface area contributed by atoms with Crippen LogP contribution in [0.15, 0.2) is 36.4 Å². The maximum atomic E-state index is 13.9. The van der Waals surface area contributed by atoms with E-state index in [-0.39, 0.29) is 23.8 Å². The zero-order chi connectivity index (χ0) is 23.6. The Balaban J connectivity index is 1.38. The summed E-state index contributed by atoms with van der Waals surface area (Å²) < 4.78 is 18.8. The molecule has 172 valence electrons. The molecule has 2 aromatic heterocycles. The van der Waals surface area contributed by atoms with Gasteiger partial charge in [0.1, 0.15) is 17.0 Å². The summed E-state index contributed by atoms with van der Waals surface area (Å²) in [5.74, 6) is -0.583. The Bertz CT molecular complexity index is 1460. The number of carbonyl (C=O) groups excluding carboxylic acids is 2. The number of nitrogens with two attached hydrogens (primary N) is 1. The number of hydrogen-bond acceptors (Lipinski definition) is 7. The van der Waals surface area contributed by atoms with Crippen LogP contribution in [0.4, 0.5) is 4.39 Å². The van der Waals surface area contributed by atoms with Gasteiger partial charge >= 0.3 is 0 Å². The van der Waals surface area contributed by atoms with Gasteiger partial charge in [0.25, 0.3) is 5.91 Å². The Morgan fingerprint density at radius 2 is 2.09 bits per heavy atom. The van der Waals surface area contributed by atoms with E-state index in [0.29, 0.717) is 39.6 Å². The maximum absolute atomic E-state index is 13.9. The number of aryl methyl sites for hydroxylation is 1. The minimum Gasteiger partial charge on any atom is -0.366 e. The molecule has 0 unspecified atom stereocenters. The van der Waals surface area contributed by atoms with E-state index in [1.165, 1.54) is 35.0 Å². The first-order valence-electron chi connectivity index (χ1n) is 11.0. The Labute approximate surface area is 202 Å². The Morgan fingerprint density at radius 1 is 1.24 bits per heavy atom. The van der Waals surface area contributed by atoms with Gasteiger partial charge in [0.15, 0.2) is 0 Å². The molecule has 2 fully saturated rings. The van der Waals surface area contributed by atoms with E-state index in [9.17, 15) is 14.0 Å². The summed E-state index contributed by atoms with van der Waals surface area (Å²) >= 11 is 2.65. The van der Waals surface area contributed by atoms with Crippen LogP contribution in [-0.4, -0.2) is 43.4 Å². The molecule has 3 heterocycles. The van der Waals surface area contributed by atoms with Gasteiger partial charge in [0, 0.05) is 17.6 Å². The number of amides is 2. The van der Waals surface area contributed by atoms with Crippen molar-refractivity contribution in [3.8, 4) is 10.4 Å². The SMILES string of the molecule is Cc1nc(C(=O)N2[C@H](Cc3c(C(N)=O)ccc4snnc34)C[C@@H]3C[C@@H]32)c(-c2cccc(F)c2)s1. The molecule has 1 aliphatic heterocycles. The topological polar surface area (TPSA) is 102 Å². The van der Waals surface area contributed by atoms with Crippen LogP contribution in [0.3, 0.4) is 0 Å². The number of rotatable bonds is 5. The van der Waals surface area contributed by atoms with E-state index in [1.807, 2.05) is 17.9 Å². The lowest BCUT2D eigenvalue weighted by molar-refractivity contribution is 0.0695. The lowest BCUT2D eigenvalue weighted by Gasteiger charge is -2.28. The summed E-state index contributed by atoms with van der Waals surface area (Å²) in [6.45, 7) is 1.85. The summed E-state index contributed by atoms with van der Waals surface area (Å²) in [7, 11) is 0. The van der Waals surface area contributed by atoms with Crippen LogP contribution in [0, 0.1) is 18.7 Å². The number of fused-ring (bicyclic) bond motifs is 2. The molecule has 1 saturated carbocycles. The zero-order valence-corrected chi connectivity index (χ0v) is 19.8. The van der Waals surface area contributed by atoms with Crippen LogP contribution < -0.4 is 5.73 Å². The largest absolute Gasteiger partial charge is 0.366 e. The second-order valence-electron chi connectivity index (χ2n) is 8.87. The highest BCUT2D eigenvalue weighted by Crippen LogP contribution is 2.50. The van der Waals surface area contributed by atoms with Crippen LogP contribution in [0.2, 0.25) is 0 Å². The van der Waals surface area contributed by atoms with Gasteiger partial charge in [-0.05, 0) is 79.0 Å². The third-order valence-corrected chi connectivity index (χ3v) is 8.41. The van der Waals surface area contributed by atoms with Crippen molar-refractivity contribution in [3.63, 3.8) is 0 Å². The molecule has 2 aromatic carbocycles. The zero-order valence-electron chi connectivity index (χ0n) is 18.2. The number of likely N-dealkylation sites (tertiary alicyclic amines) is 1. The number of halogens is 1. The first-order valence-corrected chi connectivity index (χ1v) is 12.6. The van der Waals surface area contributed by atoms with E-state index >= 15 is 0 Å². The van der Waals surface area contributed by atoms with Crippen molar-refractivity contribution >= 4 is 44.9 Å². The maximum Gasteiger partial charge on any atom is 0.274 e. The van der Waals surface area contributed by atoms with Crippen molar-refractivity contribution in [2.75, 3.05) is 0 Å². The lowest BCUT2D eigenvalue weighted by atomic mass is 9.96. The van der Waals surface area contributed by atoms with Gasteiger partial charge in [-0.2, -0.15) is 0 Å². The van der Waals surface area contributed by atoms with Crippen molar-refractivity contribution in [2.24, 2.45) is 11.7 Å². The fourth-order valence-corrected chi connectivity index (χ4v) is 6.65. The van der Waals surface area contributed by atoms with Gasteiger partial charge < -0.3 is 10.6 Å². The van der Waals surface area contributed by atoms with Crippen LogP contribution >= 0.6 is 22.9 Å². The highest BCUT2D eigenvalue weighted by molar-refractivity contribution is 7.15. The average Bonchev–Trinajstić information content (AvgIpc) is 3.16. The van der Waals surface area contributed by atoms with Gasteiger partial charge in [0.05, 0.1) is 14.6 Å². The van der Waals surface area contributed by atoms with Crippen molar-refractivity contribution in [3.05, 3.63) is 64.0 Å². The standard InChI is InChI=1S/C24H20FN5O2S2/c1-11-27-21(22(33-11)12-3-2-4-14(25)7-12)24(32)30-15(8-13-9-18(13)30)10-17-16(23(26)31)5-6-19-20(17)28-29-34-19/h2-7,13,15,18H,8-10H2,1H3,(H2,26,31)/t13-,15+,18+/m1/s1. The molecule has 2 N–H and O–H groups in total. The fourth-order valence-electron chi connectivity index (χ4n) is 5.15. The van der Waals surface area contributed by atoms with Crippen molar-refractivity contribution in [2.45, 2.75) is 38.3 Å². The molecule has 0 spiro atoms. The third kappa shape index (κ3) is 3.48. The highest BCUT2D eigenvalue weighted by Gasteiger charge is 2.54. The second kappa shape index (κ2) is 7.92. The van der Waals surface area contributed by atoms with Crippen LogP contribution in [0.1, 0.15) is 44.3 Å². The lowest BCUT2D eigenvalue weighted by Crippen LogP contribution is -2.40. The van der Waals surface area contributed by atoms with Crippen LogP contribution in [0.25, 0.3) is 20.7 Å². The number of hydrogen-bond donors (Lipinski definition) is 1. The Kier molecular flexibility index (Phi) is 4.96. The quantitative estimate of drug-likeness (QED) is 0.449. The molecule has 1 saturated heterocycles. The predicted octanol–water partition coefficient (Wildman–Crippen LogP) is 4.21. The molecule has 34 heavy (non-hydrogen) atoms. The number of thiazole rings is 1. The summed E-state index contributed by atoms with van der Waals surface area (Å²) in [6, 6.07) is 9.82. The van der Waals surface area contributed by atoms with Gasteiger partial charge in [-0.3, -0.25) is 9.59 Å². The Morgan fingerprint density at radius 3 is 2.88 bits per heavy atom. The van der Waals surface area contributed by atoms with E-state index in [0.717, 1.165) is 28.1 Å². The molecule has 6 rings (SSSR count). The monoisotopic (exact) mass is 493 g/mol. The molecule has 4 aromatic rings. The van der Waals surface area contributed by atoms with E-state index < -0.39 is 5.91 Å². The first kappa shape index (κ1) is 21.3. The fraction of sp³-hybridized carbons (Fsp3) is 0.292. The van der Waals surface area contributed by atoms with E-state index in [1.54, 1.807) is 18.2 Å². The van der Waals surface area contributed by atoms with Gasteiger partial charge in [-0.1, -0.05) is 16.6 Å². The number of piperidine rings is 1. The van der Waals surface area contributed by atoms with Crippen LogP contribution in [0.5, 0.6) is 0 Å². The first-order chi connectivity index (χ1) is 16.4. The highest BCUT2D eigenvalue weighted by atomic mass is 32.1. The van der Waals surface area contributed by atoms with Gasteiger partial charge in [-0.15, -0.1) is 16.4 Å². The van der Waals surface area contributed by atoms with Crippen LogP contribution in [-0.2, 0) is 6.42 Å². The average molecular weight is 494 g/mol. The minimum absolute atomic E-state index is 0.107. The molecule has 0 bridgehead atoms. The summed E-state index contributed by atoms with van der Waals surface area (Å²) in [5, 5.41) is 4.99. The number of nitrogens with zero attached hydrogens (tertiary/aromatic N) is 4. The van der Waals surface area contributed by atoms with Gasteiger partial charge in [-0.25, -0.2) is 9.37 Å². The molecular weight excluding hydrogens is 473 g/mol. The molecular formula is C24H20FN5O2S2.